The molecule has 54 heavy (non-hydrogen) atoms. The Bertz CT molecular complexity index is 2030. The number of para-hydroxylation sites is 1. The number of hydrogen-bond acceptors (Lipinski definition) is 9. The van der Waals surface area contributed by atoms with E-state index < -0.39 is 59.8 Å². The van der Waals surface area contributed by atoms with Crippen molar-refractivity contribution in [2.45, 2.75) is 69.7 Å². The van der Waals surface area contributed by atoms with Crippen molar-refractivity contribution < 1.29 is 34.2 Å². The number of nitrogens with one attached hydrogen (secondary N) is 7. The molecule has 0 unspecified atom stereocenters. The Morgan fingerprint density at radius 1 is 0.685 bits per heavy atom. The lowest BCUT2D eigenvalue weighted by molar-refractivity contribution is -0.142. The zero-order valence-electron chi connectivity index (χ0n) is 29.7. The fourth-order valence-corrected chi connectivity index (χ4v) is 5.84. The van der Waals surface area contributed by atoms with E-state index in [0.717, 1.165) is 10.9 Å². The molecule has 3 aromatic heterocycles. The number of carboxylic acid groups (broad SMARTS) is 1. The van der Waals surface area contributed by atoms with Gasteiger partial charge in [-0.15, -0.1) is 0 Å². The zero-order valence-corrected chi connectivity index (χ0v) is 29.7. The quantitative estimate of drug-likeness (QED) is 0.0597. The van der Waals surface area contributed by atoms with E-state index in [1.165, 1.54) is 37.2 Å². The number of H-pyrrole nitrogens is 3. The number of carboxylic acids is 1. The third-order valence-corrected chi connectivity index (χ3v) is 8.97. The van der Waals surface area contributed by atoms with Gasteiger partial charge in [0, 0.05) is 66.6 Å². The van der Waals surface area contributed by atoms with Crippen molar-refractivity contribution in [3.8, 4) is 5.75 Å². The highest BCUT2D eigenvalue weighted by Gasteiger charge is 2.33. The molecule has 5 rings (SSSR count). The third-order valence-electron chi connectivity index (χ3n) is 8.97. The predicted molar refractivity (Wildman–Crippen MR) is 197 cm³/mol. The smallest absolute Gasteiger partial charge is 0.326 e. The third kappa shape index (κ3) is 10.3. The van der Waals surface area contributed by atoms with Crippen LogP contribution in [0.25, 0.3) is 10.9 Å². The number of nitrogens with zero attached hydrogens (tertiary/aromatic N) is 2. The summed E-state index contributed by atoms with van der Waals surface area (Å²) in [6.45, 7) is 3.55. The van der Waals surface area contributed by atoms with Crippen LogP contribution < -0.4 is 27.0 Å². The SMILES string of the molecule is CC(C)[C@H](N)C(=O)N[C@@H](Cc1cnc[nH]1)C(=O)N[C@@H](Cc1c[nH]c2ccccc12)C(=O)N[C@@H](Cc1ccc(O)cc1)C(=O)N[C@@H](Cc1cnc[nH]1)C(=O)O. The molecular weight excluding hydrogens is 696 g/mol. The number of fused-ring (bicyclic) bond motifs is 1. The van der Waals surface area contributed by atoms with Crippen LogP contribution in [-0.2, 0) is 49.7 Å². The van der Waals surface area contributed by atoms with Gasteiger partial charge in [0.05, 0.1) is 18.7 Å². The van der Waals surface area contributed by atoms with Crippen LogP contribution in [0.4, 0.5) is 0 Å². The number of nitrogens with two attached hydrogens (primary N) is 1. The monoisotopic (exact) mass is 740 g/mol. The number of amides is 4. The standard InChI is InChI=1S/C37H44N10O7/c1-20(2)32(38)36(52)46-30(13-23-16-39-18-42-23)35(51)45-29(12-22-15-41-27-6-4-3-5-26(22)27)34(50)44-28(11-21-7-9-25(48)10-8-21)33(49)47-31(37(53)54)14-24-17-40-19-43-24/h3-10,15-20,28-32,41,48H,11-14,38H2,1-2H3,(H,39,42)(H,40,43)(H,44,50)(H,45,51)(H,46,52)(H,47,49)(H,53,54)/t28-,29-,30-,31-,32-/m0/s1. The Morgan fingerprint density at radius 2 is 1.20 bits per heavy atom. The number of aromatic nitrogens is 5. The molecule has 0 aliphatic heterocycles. The number of aliphatic carboxylic acids is 1. The van der Waals surface area contributed by atoms with E-state index >= 15 is 0 Å². The summed E-state index contributed by atoms with van der Waals surface area (Å²) in [7, 11) is 0. The molecule has 0 saturated heterocycles. The Kier molecular flexibility index (Phi) is 12.8. The first-order valence-corrected chi connectivity index (χ1v) is 17.3. The van der Waals surface area contributed by atoms with Crippen molar-refractivity contribution in [2.24, 2.45) is 11.7 Å². The number of benzene rings is 2. The molecule has 2 aromatic carbocycles. The molecule has 0 aliphatic rings. The normalized spacial score (nSPS) is 14.1. The lowest BCUT2D eigenvalue weighted by atomic mass is 10.0. The van der Waals surface area contributed by atoms with Gasteiger partial charge in [-0.1, -0.05) is 44.2 Å². The molecular formula is C37H44N10O7. The average Bonchev–Trinajstić information content (AvgIpc) is 3.94. The minimum absolute atomic E-state index is 0.00258. The lowest BCUT2D eigenvalue weighted by Gasteiger charge is -2.27. The first-order valence-electron chi connectivity index (χ1n) is 17.3. The van der Waals surface area contributed by atoms with Gasteiger partial charge in [-0.3, -0.25) is 19.2 Å². The van der Waals surface area contributed by atoms with E-state index in [-0.39, 0.29) is 37.4 Å². The van der Waals surface area contributed by atoms with E-state index in [4.69, 9.17) is 5.73 Å². The van der Waals surface area contributed by atoms with Gasteiger partial charge >= 0.3 is 5.97 Å². The molecule has 5 atom stereocenters. The fourth-order valence-electron chi connectivity index (χ4n) is 5.84. The second kappa shape index (κ2) is 17.8. The van der Waals surface area contributed by atoms with Gasteiger partial charge < -0.3 is 52.2 Å². The fraction of sp³-hybridized carbons (Fsp3) is 0.324. The number of aromatic hydroxyl groups is 1. The molecule has 0 fully saturated rings. The molecule has 284 valence electrons. The van der Waals surface area contributed by atoms with Crippen LogP contribution in [0.1, 0.15) is 36.4 Å². The van der Waals surface area contributed by atoms with E-state index in [1.54, 1.807) is 32.2 Å². The van der Waals surface area contributed by atoms with Crippen molar-refractivity contribution in [3.63, 3.8) is 0 Å². The molecule has 5 aromatic rings. The summed E-state index contributed by atoms with van der Waals surface area (Å²) in [5.74, 6) is -4.35. The number of rotatable bonds is 18. The number of phenols is 1. The van der Waals surface area contributed by atoms with Crippen LogP contribution in [0.2, 0.25) is 0 Å². The van der Waals surface area contributed by atoms with Gasteiger partial charge in [-0.25, -0.2) is 14.8 Å². The second-order valence-electron chi connectivity index (χ2n) is 13.3. The van der Waals surface area contributed by atoms with Gasteiger partial charge in [0.15, 0.2) is 0 Å². The maximum atomic E-state index is 14.3. The highest BCUT2D eigenvalue weighted by Crippen LogP contribution is 2.20. The van der Waals surface area contributed by atoms with Crippen LogP contribution in [0.3, 0.4) is 0 Å². The Labute approximate surface area is 309 Å². The highest BCUT2D eigenvalue weighted by atomic mass is 16.4. The summed E-state index contributed by atoms with van der Waals surface area (Å²) < 4.78 is 0. The Morgan fingerprint density at radius 3 is 1.76 bits per heavy atom. The molecule has 4 amide bonds. The van der Waals surface area contributed by atoms with Crippen molar-refractivity contribution >= 4 is 40.5 Å². The molecule has 17 nitrogen and oxygen atoms in total. The maximum absolute atomic E-state index is 14.3. The van der Waals surface area contributed by atoms with Gasteiger partial charge in [0.25, 0.3) is 0 Å². The van der Waals surface area contributed by atoms with Crippen LogP contribution in [0.15, 0.2) is 79.8 Å². The molecule has 0 aliphatic carbocycles. The number of carbonyl (C=O) groups excluding carboxylic acids is 4. The molecule has 3 heterocycles. The Hall–Kier alpha value is -6.49. The minimum Gasteiger partial charge on any atom is -0.508 e. The maximum Gasteiger partial charge on any atom is 0.326 e. The summed E-state index contributed by atoms with van der Waals surface area (Å²) in [6, 6.07) is 7.32. The van der Waals surface area contributed by atoms with Crippen molar-refractivity contribution in [1.82, 2.24) is 46.2 Å². The number of hydrogen-bond donors (Lipinski definition) is 10. The zero-order chi connectivity index (χ0) is 38.8. The number of aromatic amines is 3. The van der Waals surface area contributed by atoms with Crippen LogP contribution in [0.5, 0.6) is 5.75 Å². The van der Waals surface area contributed by atoms with Crippen LogP contribution >= 0.6 is 0 Å². The lowest BCUT2D eigenvalue weighted by Crippen LogP contribution is -2.60. The molecule has 0 saturated carbocycles. The summed E-state index contributed by atoms with van der Waals surface area (Å²) >= 11 is 0. The van der Waals surface area contributed by atoms with Crippen LogP contribution in [-0.4, -0.2) is 94.9 Å². The first-order chi connectivity index (χ1) is 25.9. The average molecular weight is 741 g/mol. The summed E-state index contributed by atoms with van der Waals surface area (Å²) in [5.41, 5.74) is 9.14. The molecule has 0 bridgehead atoms. The van der Waals surface area contributed by atoms with Crippen molar-refractivity contribution in [1.29, 1.82) is 0 Å². The van der Waals surface area contributed by atoms with E-state index in [1.807, 2.05) is 24.3 Å². The molecule has 11 N–H and O–H groups in total. The van der Waals surface area contributed by atoms with Gasteiger partial charge in [0.1, 0.15) is 29.9 Å². The van der Waals surface area contributed by atoms with E-state index in [9.17, 15) is 34.2 Å². The highest BCUT2D eigenvalue weighted by molar-refractivity contribution is 5.96. The van der Waals surface area contributed by atoms with Crippen molar-refractivity contribution in [2.75, 3.05) is 0 Å². The van der Waals surface area contributed by atoms with Crippen molar-refractivity contribution in [3.05, 3.63) is 102 Å². The first kappa shape index (κ1) is 38.7. The number of carbonyl (C=O) groups is 5. The second-order valence-corrected chi connectivity index (χ2v) is 13.3. The predicted octanol–water partition coefficient (Wildman–Crippen LogP) is 0.597. The van der Waals surface area contributed by atoms with Gasteiger partial charge in [-0.05, 0) is 35.2 Å². The largest absolute Gasteiger partial charge is 0.508 e. The number of imidazole rings is 2. The molecule has 17 heteroatoms. The molecule has 0 spiro atoms. The number of phenolic OH excluding ortho intramolecular Hbond substituents is 1. The molecule has 0 radical (unpaired) electrons. The van der Waals surface area contributed by atoms with E-state index in [0.29, 0.717) is 22.5 Å². The summed E-state index contributed by atoms with van der Waals surface area (Å²) in [4.78, 5) is 84.3. The summed E-state index contributed by atoms with van der Waals surface area (Å²) in [6.07, 6.45) is 7.26. The summed E-state index contributed by atoms with van der Waals surface area (Å²) in [5, 5.41) is 31.3. The van der Waals surface area contributed by atoms with Gasteiger partial charge in [-0.2, -0.15) is 0 Å². The van der Waals surface area contributed by atoms with Gasteiger partial charge in [0.2, 0.25) is 23.6 Å². The topological polar surface area (TPSA) is 273 Å². The van der Waals surface area contributed by atoms with E-state index in [2.05, 4.69) is 46.2 Å². The Balaban J connectivity index is 1.44. The van der Waals surface area contributed by atoms with Crippen LogP contribution in [0, 0.1) is 5.92 Å². The minimum atomic E-state index is -1.37.